The largest absolute Gasteiger partial charge is 0.493 e. The number of nitrogens with zero attached hydrogens (tertiary/aromatic N) is 2. The molecule has 0 saturated carbocycles. The smallest absolute Gasteiger partial charge is 0.295 e. The van der Waals surface area contributed by atoms with Crippen LogP contribution in [-0.4, -0.2) is 29.6 Å². The molecule has 1 aromatic carbocycles. The van der Waals surface area contributed by atoms with E-state index in [9.17, 15) is 10.1 Å². The summed E-state index contributed by atoms with van der Waals surface area (Å²) < 4.78 is 5.81. The van der Waals surface area contributed by atoms with Gasteiger partial charge in [-0.15, -0.1) is 0 Å². The third-order valence-electron chi connectivity index (χ3n) is 3.17. The van der Waals surface area contributed by atoms with Crippen LogP contribution in [0.1, 0.15) is 13.8 Å². The number of rotatable bonds is 7. The predicted molar refractivity (Wildman–Crippen MR) is 81.6 cm³/mol. The summed E-state index contributed by atoms with van der Waals surface area (Å²) in [7, 11) is 0. The van der Waals surface area contributed by atoms with Crippen molar-refractivity contribution in [3.63, 3.8) is 0 Å². The molecule has 21 heavy (non-hydrogen) atoms. The number of non-ortho nitro benzene ring substituents is 1. The topological polar surface area (TPSA) is 77.3 Å². The average Bonchev–Trinajstić information content (AvgIpc) is 2.50. The first kappa shape index (κ1) is 15.2. The Morgan fingerprint density at radius 3 is 2.95 bits per heavy atom. The van der Waals surface area contributed by atoms with Crippen LogP contribution in [0.2, 0.25) is 0 Å². The first-order valence-corrected chi connectivity index (χ1v) is 6.99. The lowest BCUT2D eigenvalue weighted by molar-refractivity contribution is -0.383. The second-order valence-corrected chi connectivity index (χ2v) is 4.96. The third-order valence-corrected chi connectivity index (χ3v) is 3.17. The van der Waals surface area contributed by atoms with Gasteiger partial charge in [0.2, 0.25) is 0 Å². The Hall–Kier alpha value is -2.21. The van der Waals surface area contributed by atoms with Crippen molar-refractivity contribution in [1.29, 1.82) is 0 Å². The molecule has 1 N–H and O–H groups in total. The number of hydrogen-bond acceptors (Lipinski definition) is 5. The Balaban J connectivity index is 2.21. The molecule has 2 rings (SSSR count). The fourth-order valence-corrected chi connectivity index (χ4v) is 2.09. The highest BCUT2D eigenvalue weighted by atomic mass is 16.6. The second-order valence-electron chi connectivity index (χ2n) is 4.96. The number of nitro benzene ring substituents is 1. The van der Waals surface area contributed by atoms with E-state index < -0.39 is 4.92 Å². The van der Waals surface area contributed by atoms with Gasteiger partial charge >= 0.3 is 0 Å². The van der Waals surface area contributed by atoms with Gasteiger partial charge in [0.15, 0.2) is 5.52 Å². The van der Waals surface area contributed by atoms with Crippen LogP contribution in [-0.2, 0) is 0 Å². The monoisotopic (exact) mass is 289 g/mol. The molecule has 0 spiro atoms. The number of aromatic nitrogens is 1. The van der Waals surface area contributed by atoms with Crippen LogP contribution in [0, 0.1) is 16.0 Å². The molecule has 0 radical (unpaired) electrons. The van der Waals surface area contributed by atoms with Gasteiger partial charge < -0.3 is 10.1 Å². The Morgan fingerprint density at radius 2 is 2.24 bits per heavy atom. The van der Waals surface area contributed by atoms with Gasteiger partial charge in [0.05, 0.1) is 11.5 Å². The average molecular weight is 289 g/mol. The molecule has 2 aromatic rings. The van der Waals surface area contributed by atoms with Crippen molar-refractivity contribution < 1.29 is 9.66 Å². The summed E-state index contributed by atoms with van der Waals surface area (Å²) in [6.45, 7) is 6.50. The molecule has 6 nitrogen and oxygen atoms in total. The molecule has 112 valence electrons. The summed E-state index contributed by atoms with van der Waals surface area (Å²) >= 11 is 0. The molecule has 0 amide bonds. The SMILES string of the molecule is CCNCC(C)COc1ccc([N+](=O)[O-])c2ncccc12. The number of fused-ring (bicyclic) bond motifs is 1. The van der Waals surface area contributed by atoms with E-state index in [1.807, 2.05) is 0 Å². The van der Waals surface area contributed by atoms with E-state index in [0.29, 0.717) is 29.2 Å². The molecule has 1 aromatic heterocycles. The second kappa shape index (κ2) is 6.99. The Morgan fingerprint density at radius 1 is 1.43 bits per heavy atom. The van der Waals surface area contributed by atoms with Gasteiger partial charge in [0.1, 0.15) is 5.75 Å². The van der Waals surface area contributed by atoms with E-state index in [0.717, 1.165) is 13.1 Å². The van der Waals surface area contributed by atoms with E-state index >= 15 is 0 Å². The van der Waals surface area contributed by atoms with Crippen LogP contribution in [0.4, 0.5) is 5.69 Å². The maximum Gasteiger partial charge on any atom is 0.295 e. The summed E-state index contributed by atoms with van der Waals surface area (Å²) in [6.07, 6.45) is 1.55. The zero-order valence-corrected chi connectivity index (χ0v) is 12.2. The van der Waals surface area contributed by atoms with E-state index in [2.05, 4.69) is 24.1 Å². The highest BCUT2D eigenvalue weighted by Gasteiger charge is 2.16. The molecule has 0 fully saturated rings. The van der Waals surface area contributed by atoms with Crippen molar-refractivity contribution in [2.24, 2.45) is 5.92 Å². The highest BCUT2D eigenvalue weighted by molar-refractivity contribution is 5.91. The van der Waals surface area contributed by atoms with Crippen LogP contribution in [0.15, 0.2) is 30.5 Å². The summed E-state index contributed by atoms with van der Waals surface area (Å²) in [5, 5.41) is 15.0. The van der Waals surface area contributed by atoms with Gasteiger partial charge in [-0.05, 0) is 24.7 Å². The summed E-state index contributed by atoms with van der Waals surface area (Å²) in [6, 6.07) is 6.63. The molecular weight excluding hydrogens is 270 g/mol. The van der Waals surface area contributed by atoms with Crippen LogP contribution >= 0.6 is 0 Å². The standard InChI is InChI=1S/C15H19N3O3/c1-3-16-9-11(2)10-21-14-7-6-13(18(19)20)15-12(14)5-4-8-17-15/h4-8,11,16H,3,9-10H2,1-2H3. The molecule has 6 heteroatoms. The van der Waals surface area contributed by atoms with Gasteiger partial charge in [0.25, 0.3) is 5.69 Å². The number of nitrogens with one attached hydrogen (secondary N) is 1. The third kappa shape index (κ3) is 3.66. The van der Waals surface area contributed by atoms with Crippen molar-refractivity contribution in [1.82, 2.24) is 10.3 Å². The molecule has 1 atom stereocenters. The van der Waals surface area contributed by atoms with Crippen molar-refractivity contribution in [3.05, 3.63) is 40.6 Å². The van der Waals surface area contributed by atoms with E-state index in [4.69, 9.17) is 4.74 Å². The molecular formula is C15H19N3O3. The van der Waals surface area contributed by atoms with Crippen molar-refractivity contribution >= 4 is 16.6 Å². The first-order chi connectivity index (χ1) is 10.1. The quantitative estimate of drug-likeness (QED) is 0.626. The maximum absolute atomic E-state index is 11.0. The molecule has 0 bridgehead atoms. The lowest BCUT2D eigenvalue weighted by Crippen LogP contribution is -2.24. The number of hydrogen-bond donors (Lipinski definition) is 1. The van der Waals surface area contributed by atoms with Crippen molar-refractivity contribution in [2.45, 2.75) is 13.8 Å². The molecule has 1 heterocycles. The lowest BCUT2D eigenvalue weighted by atomic mass is 10.1. The number of pyridine rings is 1. The van der Waals surface area contributed by atoms with Gasteiger partial charge in [-0.25, -0.2) is 4.98 Å². The van der Waals surface area contributed by atoms with Gasteiger partial charge in [0, 0.05) is 30.1 Å². The molecule has 1 unspecified atom stereocenters. The van der Waals surface area contributed by atoms with Crippen molar-refractivity contribution in [3.8, 4) is 5.75 Å². The minimum absolute atomic E-state index is 0.00125. The van der Waals surface area contributed by atoms with Crippen LogP contribution < -0.4 is 10.1 Å². The Bertz CT molecular complexity index is 631. The minimum atomic E-state index is -0.424. The van der Waals surface area contributed by atoms with E-state index in [1.165, 1.54) is 6.07 Å². The number of ether oxygens (including phenoxy) is 1. The van der Waals surface area contributed by atoms with Crippen LogP contribution in [0.25, 0.3) is 10.9 Å². The summed E-state index contributed by atoms with van der Waals surface area (Å²) in [4.78, 5) is 14.7. The number of nitro groups is 1. The fraction of sp³-hybridized carbons (Fsp3) is 0.400. The number of benzene rings is 1. The molecule has 0 aliphatic carbocycles. The normalized spacial score (nSPS) is 12.3. The fourth-order valence-electron chi connectivity index (χ4n) is 2.09. The zero-order valence-electron chi connectivity index (χ0n) is 12.2. The van der Waals surface area contributed by atoms with Gasteiger partial charge in [-0.2, -0.15) is 0 Å². The van der Waals surface area contributed by atoms with Crippen LogP contribution in [0.5, 0.6) is 5.75 Å². The van der Waals surface area contributed by atoms with Gasteiger partial charge in [-0.3, -0.25) is 10.1 Å². The summed E-state index contributed by atoms with van der Waals surface area (Å²) in [5.74, 6) is 0.985. The van der Waals surface area contributed by atoms with E-state index in [-0.39, 0.29) is 5.69 Å². The Kier molecular flexibility index (Phi) is 5.05. The summed E-state index contributed by atoms with van der Waals surface area (Å²) in [5.41, 5.74) is 0.359. The van der Waals surface area contributed by atoms with Gasteiger partial charge in [-0.1, -0.05) is 13.8 Å². The molecule has 0 aliphatic rings. The van der Waals surface area contributed by atoms with Crippen LogP contribution in [0.3, 0.4) is 0 Å². The molecule has 0 aliphatic heterocycles. The predicted octanol–water partition coefficient (Wildman–Crippen LogP) is 2.77. The maximum atomic E-state index is 11.0. The van der Waals surface area contributed by atoms with Crippen molar-refractivity contribution in [2.75, 3.05) is 19.7 Å². The van der Waals surface area contributed by atoms with E-state index in [1.54, 1.807) is 24.4 Å². The minimum Gasteiger partial charge on any atom is -0.493 e. The Labute approximate surface area is 123 Å². The first-order valence-electron chi connectivity index (χ1n) is 6.99. The zero-order chi connectivity index (χ0) is 15.2. The lowest BCUT2D eigenvalue weighted by Gasteiger charge is -2.14. The molecule has 0 saturated heterocycles. The highest BCUT2D eigenvalue weighted by Crippen LogP contribution is 2.31.